The summed E-state index contributed by atoms with van der Waals surface area (Å²) in [4.78, 5) is 6.44. The maximum Gasteiger partial charge on any atom is 0.135 e. The molecule has 0 saturated carbocycles. The highest BCUT2D eigenvalue weighted by molar-refractivity contribution is 7.68. The monoisotopic (exact) mass is 366 g/mol. The van der Waals surface area contributed by atoms with Crippen LogP contribution in [0.4, 0.5) is 11.4 Å². The molecule has 2 nitrogen and oxygen atoms in total. The molecule has 4 rings (SSSR count). The predicted molar refractivity (Wildman–Crippen MR) is 110 cm³/mol. The van der Waals surface area contributed by atoms with Gasteiger partial charge in [-0.25, -0.2) is 4.99 Å². The van der Waals surface area contributed by atoms with Crippen molar-refractivity contribution in [2.24, 2.45) is 4.99 Å². The average molecular weight is 367 g/mol. The second-order valence-electron chi connectivity index (χ2n) is 7.31. The van der Waals surface area contributed by atoms with Crippen LogP contribution in [-0.2, 0) is 5.54 Å². The van der Waals surface area contributed by atoms with Gasteiger partial charge in [0.05, 0.1) is 16.1 Å². The number of aryl methyl sites for hydroxylation is 2. The van der Waals surface area contributed by atoms with Crippen molar-refractivity contribution in [2.45, 2.75) is 40.2 Å². The van der Waals surface area contributed by atoms with Crippen molar-refractivity contribution in [1.29, 1.82) is 0 Å². The summed E-state index contributed by atoms with van der Waals surface area (Å²) in [5, 5.41) is 3.71. The zero-order valence-corrected chi connectivity index (χ0v) is 16.9. The fraction of sp³-hybridized carbons (Fsp3) is 0.286. The minimum atomic E-state index is -0.0767. The van der Waals surface area contributed by atoms with Gasteiger partial charge in [-0.05, 0) is 63.4 Å². The van der Waals surface area contributed by atoms with Gasteiger partial charge in [0.1, 0.15) is 4.67 Å². The summed E-state index contributed by atoms with van der Waals surface area (Å²) < 4.78 is 1.12. The SMILES string of the molecule is Cc1ccc2c(c1)NC(C)(C)c1ssc(=Nc3cccc(C)c3C)c1-2. The van der Waals surface area contributed by atoms with E-state index in [9.17, 15) is 0 Å². The largest absolute Gasteiger partial charge is 0.375 e. The number of hydrogen-bond acceptors (Lipinski definition) is 4. The van der Waals surface area contributed by atoms with E-state index in [-0.39, 0.29) is 5.54 Å². The Balaban J connectivity index is 2.00. The number of rotatable bonds is 1. The van der Waals surface area contributed by atoms with Gasteiger partial charge in [0.25, 0.3) is 0 Å². The molecule has 0 radical (unpaired) electrons. The number of nitrogens with one attached hydrogen (secondary N) is 1. The van der Waals surface area contributed by atoms with Crippen molar-refractivity contribution < 1.29 is 0 Å². The molecule has 1 aromatic heterocycles. The average Bonchev–Trinajstić information content (AvgIpc) is 2.96. The van der Waals surface area contributed by atoms with Crippen molar-refractivity contribution in [3.8, 4) is 11.1 Å². The van der Waals surface area contributed by atoms with Gasteiger partial charge in [-0.15, -0.1) is 0 Å². The summed E-state index contributed by atoms with van der Waals surface area (Å²) in [6, 6.07) is 13.0. The maximum atomic E-state index is 5.06. The predicted octanol–water partition coefficient (Wildman–Crippen LogP) is 6.29. The highest BCUT2D eigenvalue weighted by atomic mass is 32.9. The van der Waals surface area contributed by atoms with Gasteiger partial charge in [0, 0.05) is 16.8 Å². The quantitative estimate of drug-likeness (QED) is 0.502. The van der Waals surface area contributed by atoms with Crippen molar-refractivity contribution >= 4 is 32.1 Å². The minimum absolute atomic E-state index is 0.0767. The number of nitrogens with zero attached hydrogens (tertiary/aromatic N) is 1. The smallest absolute Gasteiger partial charge is 0.135 e. The highest BCUT2D eigenvalue weighted by Crippen LogP contribution is 2.45. The number of fused-ring (bicyclic) bond motifs is 3. The molecule has 2 heterocycles. The molecule has 0 bridgehead atoms. The Morgan fingerprint density at radius 1 is 1.00 bits per heavy atom. The summed E-state index contributed by atoms with van der Waals surface area (Å²) in [5.41, 5.74) is 8.59. The first-order valence-electron chi connectivity index (χ1n) is 8.50. The Hall–Kier alpha value is -1.91. The maximum absolute atomic E-state index is 5.06. The Kier molecular flexibility index (Phi) is 3.85. The van der Waals surface area contributed by atoms with E-state index < -0.39 is 0 Å². The van der Waals surface area contributed by atoms with Crippen LogP contribution in [0.5, 0.6) is 0 Å². The third kappa shape index (κ3) is 2.74. The van der Waals surface area contributed by atoms with Crippen LogP contribution in [0.15, 0.2) is 41.4 Å². The lowest BCUT2D eigenvalue weighted by molar-refractivity contribution is 0.619. The first-order chi connectivity index (χ1) is 11.9. The molecule has 0 amide bonds. The van der Waals surface area contributed by atoms with Gasteiger partial charge in [-0.3, -0.25) is 0 Å². The lowest BCUT2D eigenvalue weighted by Crippen LogP contribution is -2.31. The zero-order valence-electron chi connectivity index (χ0n) is 15.2. The molecule has 1 N–H and O–H groups in total. The van der Waals surface area contributed by atoms with E-state index in [0.29, 0.717) is 0 Å². The Morgan fingerprint density at radius 2 is 1.80 bits per heavy atom. The number of anilines is 1. The van der Waals surface area contributed by atoms with Crippen molar-refractivity contribution in [3.05, 3.63) is 62.6 Å². The fourth-order valence-corrected chi connectivity index (χ4v) is 6.26. The molecule has 0 aliphatic carbocycles. The number of benzene rings is 2. The van der Waals surface area contributed by atoms with Crippen LogP contribution in [0.1, 0.15) is 35.4 Å². The van der Waals surface area contributed by atoms with Crippen LogP contribution in [0.2, 0.25) is 0 Å². The van der Waals surface area contributed by atoms with E-state index >= 15 is 0 Å². The van der Waals surface area contributed by atoms with Gasteiger partial charge in [-0.2, -0.15) is 0 Å². The normalized spacial score (nSPS) is 15.5. The molecule has 128 valence electrons. The van der Waals surface area contributed by atoms with Crippen LogP contribution in [0, 0.1) is 20.8 Å². The van der Waals surface area contributed by atoms with Crippen molar-refractivity contribution in [2.75, 3.05) is 5.32 Å². The second kappa shape index (κ2) is 5.82. The van der Waals surface area contributed by atoms with Gasteiger partial charge < -0.3 is 5.32 Å². The van der Waals surface area contributed by atoms with Gasteiger partial charge in [0.2, 0.25) is 0 Å². The van der Waals surface area contributed by atoms with E-state index in [1.165, 1.54) is 38.4 Å². The van der Waals surface area contributed by atoms with Crippen LogP contribution < -0.4 is 9.99 Å². The zero-order chi connectivity index (χ0) is 17.8. The molecule has 0 unspecified atom stereocenters. The van der Waals surface area contributed by atoms with Crippen LogP contribution >= 0.6 is 20.7 Å². The molecule has 4 heteroatoms. The molecular weight excluding hydrogens is 344 g/mol. The molecule has 2 aromatic carbocycles. The molecule has 1 aliphatic rings. The van der Waals surface area contributed by atoms with E-state index in [0.717, 1.165) is 10.4 Å². The van der Waals surface area contributed by atoms with Crippen LogP contribution in [-0.4, -0.2) is 0 Å². The molecule has 3 aromatic rings. The summed E-state index contributed by atoms with van der Waals surface area (Å²) in [5.74, 6) is 0. The molecule has 25 heavy (non-hydrogen) atoms. The molecule has 1 aliphatic heterocycles. The standard InChI is InChI=1S/C21H22N2S2/c1-12-9-10-15-17(11-12)23-21(4,5)19-18(15)20(25-24-19)22-16-8-6-7-13(2)14(16)3/h6-11,23H,1-5H3. The van der Waals surface area contributed by atoms with Crippen LogP contribution in [0.3, 0.4) is 0 Å². The van der Waals surface area contributed by atoms with Gasteiger partial charge in [0.15, 0.2) is 0 Å². The van der Waals surface area contributed by atoms with E-state index in [2.05, 4.69) is 76.3 Å². The lowest BCUT2D eigenvalue weighted by atomic mass is 9.89. The molecule has 0 atom stereocenters. The summed E-state index contributed by atoms with van der Waals surface area (Å²) >= 11 is 0. The Morgan fingerprint density at radius 3 is 2.60 bits per heavy atom. The minimum Gasteiger partial charge on any atom is -0.375 e. The highest BCUT2D eigenvalue weighted by Gasteiger charge is 2.33. The third-order valence-corrected chi connectivity index (χ3v) is 7.54. The summed E-state index contributed by atoms with van der Waals surface area (Å²) in [6.07, 6.45) is 0. The van der Waals surface area contributed by atoms with Gasteiger partial charge >= 0.3 is 0 Å². The molecule has 0 saturated heterocycles. The topological polar surface area (TPSA) is 24.4 Å². The first kappa shape index (κ1) is 16.6. The molecule has 0 fully saturated rings. The Bertz CT molecular complexity index is 1040. The molecule has 0 spiro atoms. The van der Waals surface area contributed by atoms with Crippen molar-refractivity contribution in [3.63, 3.8) is 0 Å². The lowest BCUT2D eigenvalue weighted by Gasteiger charge is -2.33. The van der Waals surface area contributed by atoms with E-state index in [1.54, 1.807) is 10.3 Å². The Labute approximate surface area is 156 Å². The van der Waals surface area contributed by atoms with E-state index in [1.807, 2.05) is 10.3 Å². The van der Waals surface area contributed by atoms with E-state index in [4.69, 9.17) is 4.99 Å². The number of hydrogen-bond donors (Lipinski definition) is 1. The fourth-order valence-electron chi connectivity index (χ4n) is 3.33. The third-order valence-electron chi connectivity index (χ3n) is 4.90. The summed E-state index contributed by atoms with van der Waals surface area (Å²) in [6.45, 7) is 10.9. The van der Waals surface area contributed by atoms with Crippen LogP contribution in [0.25, 0.3) is 11.1 Å². The first-order valence-corrected chi connectivity index (χ1v) is 10.7. The second-order valence-corrected chi connectivity index (χ2v) is 9.43. The van der Waals surface area contributed by atoms with Gasteiger partial charge in [-0.1, -0.05) is 44.9 Å². The summed E-state index contributed by atoms with van der Waals surface area (Å²) in [7, 11) is 3.62. The van der Waals surface area contributed by atoms with Crippen molar-refractivity contribution in [1.82, 2.24) is 0 Å². The molecular formula is C21H22N2S2.